The lowest BCUT2D eigenvalue weighted by Crippen LogP contribution is -2.39. The van der Waals surface area contributed by atoms with Gasteiger partial charge in [0.25, 0.3) is 0 Å². The quantitative estimate of drug-likeness (QED) is 0.860. The molecule has 1 aromatic carbocycles. The van der Waals surface area contributed by atoms with E-state index in [4.69, 9.17) is 11.6 Å². The molecule has 18 heavy (non-hydrogen) atoms. The Labute approximate surface area is 114 Å². The molecule has 1 aliphatic carbocycles. The molecule has 0 amide bonds. The van der Waals surface area contributed by atoms with Gasteiger partial charge in [0.05, 0.1) is 0 Å². The average Bonchev–Trinajstić information content (AvgIpc) is 2.76. The molecule has 2 rings (SSSR count). The minimum atomic E-state index is -0.157. The summed E-state index contributed by atoms with van der Waals surface area (Å²) in [6.07, 6.45) is 4.36. The van der Waals surface area contributed by atoms with Crippen molar-refractivity contribution in [1.82, 2.24) is 5.32 Å². The first-order valence-electron chi connectivity index (χ1n) is 6.73. The second kappa shape index (κ2) is 5.58. The van der Waals surface area contributed by atoms with Crippen LogP contribution in [-0.2, 0) is 5.41 Å². The van der Waals surface area contributed by atoms with Gasteiger partial charge in [0, 0.05) is 28.6 Å². The zero-order valence-electron chi connectivity index (χ0n) is 11.1. The minimum absolute atomic E-state index is 0.118. The highest BCUT2D eigenvalue weighted by molar-refractivity contribution is 6.31. The zero-order chi connectivity index (χ0) is 13.2. The second-order valence-corrected chi connectivity index (χ2v) is 6.03. The first kappa shape index (κ1) is 13.8. The van der Waals surface area contributed by atoms with Crippen molar-refractivity contribution in [2.24, 2.45) is 0 Å². The molecule has 1 nitrogen and oxygen atoms in total. The molecule has 1 saturated carbocycles. The first-order valence-corrected chi connectivity index (χ1v) is 7.11. The van der Waals surface area contributed by atoms with Gasteiger partial charge in [-0.05, 0) is 25.0 Å². The van der Waals surface area contributed by atoms with Gasteiger partial charge < -0.3 is 5.32 Å². The summed E-state index contributed by atoms with van der Waals surface area (Å²) < 4.78 is 14.2. The smallest absolute Gasteiger partial charge is 0.128 e. The summed E-state index contributed by atoms with van der Waals surface area (Å²) in [7, 11) is 0. The Kier molecular flexibility index (Phi) is 4.29. The van der Waals surface area contributed by atoms with Crippen LogP contribution in [-0.4, -0.2) is 12.6 Å². The van der Waals surface area contributed by atoms with Gasteiger partial charge in [-0.2, -0.15) is 0 Å². The van der Waals surface area contributed by atoms with Crippen LogP contribution in [0.3, 0.4) is 0 Å². The zero-order valence-corrected chi connectivity index (χ0v) is 11.9. The Balaban J connectivity index is 2.35. The van der Waals surface area contributed by atoms with Gasteiger partial charge in [-0.25, -0.2) is 4.39 Å². The lowest BCUT2D eigenvalue weighted by Gasteiger charge is -2.32. The van der Waals surface area contributed by atoms with E-state index in [0.717, 1.165) is 37.8 Å². The fourth-order valence-electron chi connectivity index (χ4n) is 2.97. The van der Waals surface area contributed by atoms with E-state index in [0.29, 0.717) is 11.1 Å². The third-order valence-corrected chi connectivity index (χ3v) is 4.22. The second-order valence-electron chi connectivity index (χ2n) is 5.62. The van der Waals surface area contributed by atoms with Crippen LogP contribution < -0.4 is 5.32 Å². The summed E-state index contributed by atoms with van der Waals surface area (Å²) in [6, 6.07) is 5.42. The minimum Gasteiger partial charge on any atom is -0.314 e. The number of benzene rings is 1. The molecule has 0 atom stereocenters. The molecule has 1 fully saturated rings. The van der Waals surface area contributed by atoms with Crippen LogP contribution in [0.15, 0.2) is 18.2 Å². The van der Waals surface area contributed by atoms with Crippen molar-refractivity contribution >= 4 is 11.6 Å². The van der Waals surface area contributed by atoms with Crippen LogP contribution in [0.1, 0.15) is 45.1 Å². The van der Waals surface area contributed by atoms with Gasteiger partial charge in [-0.3, -0.25) is 0 Å². The summed E-state index contributed by atoms with van der Waals surface area (Å²) in [5, 5.41) is 4.03. The monoisotopic (exact) mass is 269 g/mol. The van der Waals surface area contributed by atoms with Gasteiger partial charge in [-0.1, -0.05) is 44.4 Å². The topological polar surface area (TPSA) is 12.0 Å². The van der Waals surface area contributed by atoms with Crippen molar-refractivity contribution in [3.63, 3.8) is 0 Å². The average molecular weight is 270 g/mol. The Morgan fingerprint density at radius 2 is 2.00 bits per heavy atom. The van der Waals surface area contributed by atoms with Crippen LogP contribution in [0.2, 0.25) is 5.02 Å². The molecule has 0 aliphatic heterocycles. The molecule has 0 bridgehead atoms. The lowest BCUT2D eigenvalue weighted by atomic mass is 9.78. The maximum Gasteiger partial charge on any atom is 0.128 e. The van der Waals surface area contributed by atoms with Crippen LogP contribution in [0.5, 0.6) is 0 Å². The van der Waals surface area contributed by atoms with Crippen molar-refractivity contribution in [3.8, 4) is 0 Å². The summed E-state index contributed by atoms with van der Waals surface area (Å²) in [4.78, 5) is 0. The number of hydrogen-bond acceptors (Lipinski definition) is 1. The van der Waals surface area contributed by atoms with E-state index in [1.54, 1.807) is 12.1 Å². The Bertz CT molecular complexity index is 391. The molecule has 1 aromatic rings. The molecule has 0 saturated heterocycles. The molecule has 1 N–H and O–H groups in total. The summed E-state index contributed by atoms with van der Waals surface area (Å²) in [6.45, 7) is 5.04. The molecule has 100 valence electrons. The van der Waals surface area contributed by atoms with Crippen LogP contribution in [0.25, 0.3) is 0 Å². The highest BCUT2D eigenvalue weighted by Gasteiger charge is 2.39. The van der Waals surface area contributed by atoms with Gasteiger partial charge in [-0.15, -0.1) is 0 Å². The Morgan fingerprint density at radius 3 is 2.56 bits per heavy atom. The summed E-state index contributed by atoms with van der Waals surface area (Å²) in [5.41, 5.74) is 0.601. The molecule has 0 radical (unpaired) electrons. The van der Waals surface area contributed by atoms with E-state index in [1.165, 1.54) is 6.07 Å². The van der Waals surface area contributed by atoms with Crippen LogP contribution >= 0.6 is 11.6 Å². The molecule has 0 unspecified atom stereocenters. The van der Waals surface area contributed by atoms with Gasteiger partial charge in [0.1, 0.15) is 5.82 Å². The predicted molar refractivity (Wildman–Crippen MR) is 74.7 cm³/mol. The van der Waals surface area contributed by atoms with Crippen molar-refractivity contribution in [2.45, 2.75) is 51.0 Å². The van der Waals surface area contributed by atoms with E-state index < -0.39 is 0 Å². The summed E-state index contributed by atoms with van der Waals surface area (Å²) >= 11 is 6.25. The lowest BCUT2D eigenvalue weighted by molar-refractivity contribution is 0.372. The Morgan fingerprint density at radius 1 is 1.33 bits per heavy atom. The fraction of sp³-hybridized carbons (Fsp3) is 0.600. The number of hydrogen-bond donors (Lipinski definition) is 1. The molecule has 0 aromatic heterocycles. The van der Waals surface area contributed by atoms with Gasteiger partial charge >= 0.3 is 0 Å². The maximum absolute atomic E-state index is 14.2. The number of halogens is 2. The number of nitrogens with one attached hydrogen (secondary N) is 1. The van der Waals surface area contributed by atoms with Crippen LogP contribution in [0.4, 0.5) is 4.39 Å². The fourth-order valence-corrected chi connectivity index (χ4v) is 3.33. The van der Waals surface area contributed by atoms with E-state index in [-0.39, 0.29) is 11.2 Å². The van der Waals surface area contributed by atoms with E-state index in [1.807, 2.05) is 0 Å². The van der Waals surface area contributed by atoms with Gasteiger partial charge in [0.2, 0.25) is 0 Å². The number of rotatable bonds is 4. The van der Waals surface area contributed by atoms with E-state index >= 15 is 0 Å². The SMILES string of the molecule is CC(C)NCC1(c2c(F)cccc2Cl)CCCC1. The molecule has 1 aliphatic rings. The first-order chi connectivity index (χ1) is 8.55. The van der Waals surface area contributed by atoms with Crippen molar-refractivity contribution in [1.29, 1.82) is 0 Å². The third kappa shape index (κ3) is 2.70. The standard InChI is InChI=1S/C15H21ClFN/c1-11(2)18-10-15(8-3-4-9-15)14-12(16)6-5-7-13(14)17/h5-7,11,18H,3-4,8-10H2,1-2H3. The van der Waals surface area contributed by atoms with E-state index in [2.05, 4.69) is 19.2 Å². The van der Waals surface area contributed by atoms with E-state index in [9.17, 15) is 4.39 Å². The Hall–Kier alpha value is -0.600. The van der Waals surface area contributed by atoms with Crippen molar-refractivity contribution in [2.75, 3.05) is 6.54 Å². The molecule has 0 spiro atoms. The molecular formula is C15H21ClFN. The van der Waals surface area contributed by atoms with Crippen molar-refractivity contribution < 1.29 is 4.39 Å². The molecular weight excluding hydrogens is 249 g/mol. The highest BCUT2D eigenvalue weighted by Crippen LogP contribution is 2.44. The van der Waals surface area contributed by atoms with Crippen LogP contribution in [0, 0.1) is 5.82 Å². The van der Waals surface area contributed by atoms with Crippen molar-refractivity contribution in [3.05, 3.63) is 34.6 Å². The molecule has 0 heterocycles. The highest BCUT2D eigenvalue weighted by atomic mass is 35.5. The predicted octanol–water partition coefficient (Wildman–Crippen LogP) is 4.29. The third-order valence-electron chi connectivity index (χ3n) is 3.90. The normalized spacial score (nSPS) is 18.5. The van der Waals surface area contributed by atoms with Gasteiger partial charge in [0.15, 0.2) is 0 Å². The molecule has 3 heteroatoms. The summed E-state index contributed by atoms with van der Waals surface area (Å²) in [5.74, 6) is -0.157. The largest absolute Gasteiger partial charge is 0.314 e. The maximum atomic E-state index is 14.2.